The van der Waals surface area contributed by atoms with Crippen LogP contribution < -0.4 is 19.2 Å². The van der Waals surface area contributed by atoms with Gasteiger partial charge < -0.3 is 9.47 Å². The number of hydrazone groups is 1. The molecule has 0 radical (unpaired) electrons. The van der Waals surface area contributed by atoms with Gasteiger partial charge >= 0.3 is 0 Å². The van der Waals surface area contributed by atoms with Crippen LogP contribution in [-0.4, -0.2) is 40.3 Å². The molecule has 4 rings (SSSR count). The predicted molar refractivity (Wildman–Crippen MR) is 130 cm³/mol. The highest BCUT2D eigenvalue weighted by Crippen LogP contribution is 2.32. The highest BCUT2D eigenvalue weighted by atomic mass is 32.2. The SMILES string of the molecule is Cc1ccc(C)c(N(CC(=O)N/N=C\c2cccc3c2OCCO3)S(=O)(=O)c2ccccc2)c1. The monoisotopic (exact) mass is 479 g/mol. The number of aryl methyl sites for hydroxylation is 2. The number of amides is 1. The first kappa shape index (κ1) is 23.3. The Hall–Kier alpha value is -3.85. The summed E-state index contributed by atoms with van der Waals surface area (Å²) in [5, 5.41) is 4.01. The summed E-state index contributed by atoms with van der Waals surface area (Å²) in [4.78, 5) is 12.9. The molecule has 8 nitrogen and oxygen atoms in total. The van der Waals surface area contributed by atoms with Crippen LogP contribution >= 0.6 is 0 Å². The zero-order chi connectivity index (χ0) is 24.1. The summed E-state index contributed by atoms with van der Waals surface area (Å²) in [6.07, 6.45) is 1.44. The molecule has 0 unspecified atom stereocenters. The predicted octanol–water partition coefficient (Wildman–Crippen LogP) is 3.42. The van der Waals surface area contributed by atoms with E-state index in [1.165, 1.54) is 18.3 Å². The van der Waals surface area contributed by atoms with Crippen LogP contribution in [0.25, 0.3) is 0 Å². The third-order valence-electron chi connectivity index (χ3n) is 5.24. The summed E-state index contributed by atoms with van der Waals surface area (Å²) in [5.41, 5.74) is 5.11. The Morgan fingerprint density at radius 1 is 1.03 bits per heavy atom. The van der Waals surface area contributed by atoms with Crippen LogP contribution in [-0.2, 0) is 14.8 Å². The number of carbonyl (C=O) groups excluding carboxylic acids is 1. The van der Waals surface area contributed by atoms with E-state index in [4.69, 9.17) is 9.47 Å². The summed E-state index contributed by atoms with van der Waals surface area (Å²) in [5.74, 6) is 0.575. The number of nitrogens with one attached hydrogen (secondary N) is 1. The zero-order valence-corrected chi connectivity index (χ0v) is 19.7. The third kappa shape index (κ3) is 5.04. The van der Waals surface area contributed by atoms with Gasteiger partial charge in [0, 0.05) is 5.56 Å². The molecule has 3 aromatic carbocycles. The Morgan fingerprint density at radius 2 is 1.79 bits per heavy atom. The number of para-hydroxylation sites is 1. The van der Waals surface area contributed by atoms with Crippen molar-refractivity contribution in [3.63, 3.8) is 0 Å². The fraction of sp³-hybridized carbons (Fsp3) is 0.200. The molecule has 0 saturated carbocycles. The molecule has 9 heteroatoms. The molecule has 1 heterocycles. The minimum absolute atomic E-state index is 0.0975. The molecule has 34 heavy (non-hydrogen) atoms. The van der Waals surface area contributed by atoms with Gasteiger partial charge in [-0.15, -0.1) is 0 Å². The lowest BCUT2D eigenvalue weighted by Crippen LogP contribution is -2.40. The number of benzene rings is 3. The van der Waals surface area contributed by atoms with Crippen molar-refractivity contribution in [3.05, 3.63) is 83.4 Å². The largest absolute Gasteiger partial charge is 0.486 e. The van der Waals surface area contributed by atoms with Crippen molar-refractivity contribution in [2.24, 2.45) is 5.10 Å². The molecule has 0 aliphatic carbocycles. The highest BCUT2D eigenvalue weighted by Gasteiger charge is 2.28. The van der Waals surface area contributed by atoms with Crippen molar-refractivity contribution in [3.8, 4) is 11.5 Å². The Balaban J connectivity index is 1.58. The van der Waals surface area contributed by atoms with E-state index in [0.717, 1.165) is 15.4 Å². The Labute approximate surface area is 198 Å². The van der Waals surface area contributed by atoms with Crippen LogP contribution in [0, 0.1) is 13.8 Å². The first-order valence-electron chi connectivity index (χ1n) is 10.7. The van der Waals surface area contributed by atoms with E-state index in [0.29, 0.717) is 36.0 Å². The van der Waals surface area contributed by atoms with E-state index in [1.54, 1.807) is 49.4 Å². The van der Waals surface area contributed by atoms with Crippen molar-refractivity contribution >= 4 is 27.8 Å². The van der Waals surface area contributed by atoms with Gasteiger partial charge in [0.25, 0.3) is 15.9 Å². The Kier molecular flexibility index (Phi) is 6.83. The van der Waals surface area contributed by atoms with Crippen molar-refractivity contribution in [2.75, 3.05) is 24.1 Å². The summed E-state index contributed by atoms with van der Waals surface area (Å²) >= 11 is 0. The summed E-state index contributed by atoms with van der Waals surface area (Å²) in [6, 6.07) is 18.9. The van der Waals surface area contributed by atoms with Crippen LogP contribution in [0.15, 0.2) is 76.7 Å². The second-order valence-electron chi connectivity index (χ2n) is 7.78. The van der Waals surface area contributed by atoms with Crippen LogP contribution in [0.1, 0.15) is 16.7 Å². The second-order valence-corrected chi connectivity index (χ2v) is 9.64. The molecule has 3 aromatic rings. The normalized spacial score (nSPS) is 13.0. The molecule has 0 aromatic heterocycles. The van der Waals surface area contributed by atoms with E-state index in [-0.39, 0.29) is 4.90 Å². The van der Waals surface area contributed by atoms with Gasteiger partial charge in [0.1, 0.15) is 19.8 Å². The maximum absolute atomic E-state index is 13.5. The fourth-order valence-corrected chi connectivity index (χ4v) is 5.04. The quantitative estimate of drug-likeness (QED) is 0.414. The maximum Gasteiger partial charge on any atom is 0.264 e. The number of sulfonamides is 1. The number of hydrogen-bond acceptors (Lipinski definition) is 6. The van der Waals surface area contributed by atoms with Crippen LogP contribution in [0.4, 0.5) is 5.69 Å². The molecule has 0 fully saturated rings. The van der Waals surface area contributed by atoms with E-state index < -0.39 is 22.5 Å². The van der Waals surface area contributed by atoms with Crippen molar-refractivity contribution in [1.29, 1.82) is 0 Å². The van der Waals surface area contributed by atoms with Gasteiger partial charge in [0.2, 0.25) is 0 Å². The molecule has 0 atom stereocenters. The lowest BCUT2D eigenvalue weighted by Gasteiger charge is -2.25. The summed E-state index contributed by atoms with van der Waals surface area (Å²) in [6.45, 7) is 4.12. The van der Waals surface area contributed by atoms with E-state index in [2.05, 4.69) is 10.5 Å². The van der Waals surface area contributed by atoms with Crippen molar-refractivity contribution in [1.82, 2.24) is 5.43 Å². The highest BCUT2D eigenvalue weighted by molar-refractivity contribution is 7.92. The van der Waals surface area contributed by atoms with E-state index in [1.807, 2.05) is 19.1 Å². The second kappa shape index (κ2) is 9.96. The van der Waals surface area contributed by atoms with E-state index >= 15 is 0 Å². The smallest absolute Gasteiger partial charge is 0.264 e. The number of ether oxygens (including phenoxy) is 2. The molecular weight excluding hydrogens is 454 g/mol. The minimum atomic E-state index is -3.99. The third-order valence-corrected chi connectivity index (χ3v) is 7.02. The number of hydrogen-bond donors (Lipinski definition) is 1. The Bertz CT molecular complexity index is 1320. The van der Waals surface area contributed by atoms with Crippen molar-refractivity contribution in [2.45, 2.75) is 18.7 Å². The fourth-order valence-electron chi connectivity index (χ4n) is 3.54. The average molecular weight is 480 g/mol. The zero-order valence-electron chi connectivity index (χ0n) is 18.9. The Morgan fingerprint density at radius 3 is 2.59 bits per heavy atom. The van der Waals surface area contributed by atoms with Gasteiger partial charge in [-0.2, -0.15) is 5.10 Å². The van der Waals surface area contributed by atoms with Gasteiger partial charge in [0.15, 0.2) is 11.5 Å². The molecule has 0 spiro atoms. The standard InChI is InChI=1S/C25H25N3O5S/c1-18-11-12-19(2)22(15-18)28(34(30,31)21-8-4-3-5-9-21)17-24(29)27-26-16-20-7-6-10-23-25(20)33-14-13-32-23/h3-12,15-16H,13-14,17H2,1-2H3,(H,27,29)/b26-16-. The lowest BCUT2D eigenvalue weighted by molar-refractivity contribution is -0.119. The van der Waals surface area contributed by atoms with Crippen LogP contribution in [0.5, 0.6) is 11.5 Å². The summed E-state index contributed by atoms with van der Waals surface area (Å²) < 4.78 is 39.2. The number of rotatable bonds is 7. The minimum Gasteiger partial charge on any atom is -0.486 e. The van der Waals surface area contributed by atoms with Gasteiger partial charge in [0.05, 0.1) is 16.8 Å². The first-order valence-corrected chi connectivity index (χ1v) is 12.2. The molecule has 1 N–H and O–H groups in total. The molecule has 1 amide bonds. The molecule has 1 aliphatic rings. The molecule has 0 bridgehead atoms. The van der Waals surface area contributed by atoms with Crippen LogP contribution in [0.3, 0.4) is 0 Å². The number of carbonyl (C=O) groups is 1. The molecule has 1 aliphatic heterocycles. The van der Waals surface area contributed by atoms with Crippen LogP contribution in [0.2, 0.25) is 0 Å². The maximum atomic E-state index is 13.5. The van der Waals surface area contributed by atoms with Gasteiger partial charge in [-0.3, -0.25) is 9.10 Å². The van der Waals surface area contributed by atoms with Gasteiger partial charge in [-0.1, -0.05) is 36.4 Å². The lowest BCUT2D eigenvalue weighted by atomic mass is 10.1. The topological polar surface area (TPSA) is 97.3 Å². The molecule has 176 valence electrons. The average Bonchev–Trinajstić information content (AvgIpc) is 2.85. The summed E-state index contributed by atoms with van der Waals surface area (Å²) in [7, 11) is -3.99. The molecule has 0 saturated heterocycles. The number of anilines is 1. The number of nitrogens with zero attached hydrogens (tertiary/aromatic N) is 2. The van der Waals surface area contributed by atoms with Gasteiger partial charge in [-0.25, -0.2) is 13.8 Å². The van der Waals surface area contributed by atoms with Gasteiger partial charge in [-0.05, 0) is 55.3 Å². The van der Waals surface area contributed by atoms with Crippen molar-refractivity contribution < 1.29 is 22.7 Å². The number of fused-ring (bicyclic) bond motifs is 1. The first-order chi connectivity index (χ1) is 16.4. The van der Waals surface area contributed by atoms with E-state index in [9.17, 15) is 13.2 Å². The molecular formula is C25H25N3O5S.